The van der Waals surface area contributed by atoms with E-state index in [-0.39, 0.29) is 11.8 Å². The predicted octanol–water partition coefficient (Wildman–Crippen LogP) is 5.73. The standard InChI is InChI=1S/C28H30N4O2S/c1-2-34-24-15-13-23(14-16-24)27-30-31-28(35)32(27)20-18-26(33)29-19-17-25(21-9-5-3-6-10-21)22-11-7-4-8-12-22/h3-16,25H,2,17-20H2,1H3,(H,29,33)(H,31,35). The van der Waals surface area contributed by atoms with Gasteiger partial charge in [-0.3, -0.25) is 14.5 Å². The fourth-order valence-electron chi connectivity index (χ4n) is 4.17. The second kappa shape index (κ2) is 12.1. The van der Waals surface area contributed by atoms with E-state index in [2.05, 4.69) is 64.0 Å². The van der Waals surface area contributed by atoms with Gasteiger partial charge in [-0.1, -0.05) is 60.7 Å². The molecule has 0 saturated heterocycles. The molecule has 4 rings (SSSR count). The Morgan fingerprint density at radius 3 is 2.23 bits per heavy atom. The lowest BCUT2D eigenvalue weighted by Crippen LogP contribution is -2.26. The normalized spacial score (nSPS) is 10.9. The van der Waals surface area contributed by atoms with Crippen molar-refractivity contribution in [3.8, 4) is 17.1 Å². The van der Waals surface area contributed by atoms with Crippen molar-refractivity contribution in [3.63, 3.8) is 0 Å². The molecule has 0 spiro atoms. The molecule has 1 heterocycles. The van der Waals surface area contributed by atoms with Gasteiger partial charge in [0.1, 0.15) is 5.75 Å². The molecule has 0 unspecified atom stereocenters. The molecular weight excluding hydrogens is 456 g/mol. The van der Waals surface area contributed by atoms with Crippen molar-refractivity contribution in [1.82, 2.24) is 20.1 Å². The van der Waals surface area contributed by atoms with Crippen molar-refractivity contribution in [2.75, 3.05) is 13.2 Å². The summed E-state index contributed by atoms with van der Waals surface area (Å²) in [4.78, 5) is 12.7. The number of amides is 1. The van der Waals surface area contributed by atoms with Gasteiger partial charge in [0.15, 0.2) is 10.6 Å². The average molecular weight is 487 g/mol. The summed E-state index contributed by atoms with van der Waals surface area (Å²) >= 11 is 5.41. The van der Waals surface area contributed by atoms with Gasteiger partial charge in [0, 0.05) is 31.0 Å². The fraction of sp³-hybridized carbons (Fsp3) is 0.250. The number of nitrogens with one attached hydrogen (secondary N) is 2. The minimum Gasteiger partial charge on any atom is -0.494 e. The summed E-state index contributed by atoms with van der Waals surface area (Å²) in [6.07, 6.45) is 1.14. The van der Waals surface area contributed by atoms with E-state index in [1.165, 1.54) is 11.1 Å². The quantitative estimate of drug-likeness (QED) is 0.265. The van der Waals surface area contributed by atoms with Crippen LogP contribution >= 0.6 is 12.2 Å². The second-order valence-electron chi connectivity index (χ2n) is 8.22. The molecular formula is C28H30N4O2S. The Balaban J connectivity index is 1.35. The Hall–Kier alpha value is -3.71. The number of aromatic amines is 1. The molecule has 0 saturated carbocycles. The van der Waals surface area contributed by atoms with Crippen LogP contribution in [-0.2, 0) is 11.3 Å². The van der Waals surface area contributed by atoms with Crippen LogP contribution < -0.4 is 10.1 Å². The van der Waals surface area contributed by atoms with E-state index in [1.807, 2.05) is 47.9 Å². The van der Waals surface area contributed by atoms with Crippen LogP contribution in [0.1, 0.15) is 36.8 Å². The summed E-state index contributed by atoms with van der Waals surface area (Å²) in [7, 11) is 0. The van der Waals surface area contributed by atoms with E-state index in [4.69, 9.17) is 17.0 Å². The largest absolute Gasteiger partial charge is 0.494 e. The molecule has 35 heavy (non-hydrogen) atoms. The molecule has 0 bridgehead atoms. The number of nitrogens with zero attached hydrogens (tertiary/aromatic N) is 2. The number of carbonyl (C=O) groups is 1. The smallest absolute Gasteiger partial charge is 0.221 e. The summed E-state index contributed by atoms with van der Waals surface area (Å²) in [6, 6.07) is 28.5. The topological polar surface area (TPSA) is 71.9 Å². The number of aromatic nitrogens is 3. The highest BCUT2D eigenvalue weighted by Crippen LogP contribution is 2.27. The lowest BCUT2D eigenvalue weighted by atomic mass is 9.88. The van der Waals surface area contributed by atoms with Crippen LogP contribution in [0.3, 0.4) is 0 Å². The van der Waals surface area contributed by atoms with E-state index in [1.54, 1.807) is 0 Å². The molecule has 0 atom stereocenters. The van der Waals surface area contributed by atoms with Crippen molar-refractivity contribution in [3.05, 3.63) is 101 Å². The number of hydrogen-bond acceptors (Lipinski definition) is 4. The number of carbonyl (C=O) groups excluding carboxylic acids is 1. The number of benzene rings is 3. The molecule has 0 aliphatic carbocycles. The van der Waals surface area contributed by atoms with Crippen LogP contribution in [-0.4, -0.2) is 33.8 Å². The first-order valence-corrected chi connectivity index (χ1v) is 12.3. The van der Waals surface area contributed by atoms with Gasteiger partial charge in [-0.15, -0.1) is 0 Å². The molecule has 6 nitrogen and oxygen atoms in total. The molecule has 180 valence electrons. The van der Waals surface area contributed by atoms with Gasteiger partial charge in [0.2, 0.25) is 5.91 Å². The van der Waals surface area contributed by atoms with E-state index in [0.717, 1.165) is 17.7 Å². The maximum Gasteiger partial charge on any atom is 0.221 e. The van der Waals surface area contributed by atoms with Crippen LogP contribution in [0.5, 0.6) is 5.75 Å². The monoisotopic (exact) mass is 486 g/mol. The maximum absolute atomic E-state index is 12.7. The first-order chi connectivity index (χ1) is 17.2. The van der Waals surface area contributed by atoms with E-state index < -0.39 is 0 Å². The third kappa shape index (κ3) is 6.45. The highest BCUT2D eigenvalue weighted by atomic mass is 32.1. The number of H-pyrrole nitrogens is 1. The van der Waals surface area contributed by atoms with Gasteiger partial charge in [-0.25, -0.2) is 0 Å². The molecule has 0 aliphatic heterocycles. The Morgan fingerprint density at radius 1 is 1.00 bits per heavy atom. The first-order valence-electron chi connectivity index (χ1n) is 11.9. The Labute approximate surface area is 211 Å². The van der Waals surface area contributed by atoms with Crippen molar-refractivity contribution >= 4 is 18.1 Å². The molecule has 0 fully saturated rings. The minimum atomic E-state index is -0.00869. The summed E-state index contributed by atoms with van der Waals surface area (Å²) in [5.41, 5.74) is 3.41. The van der Waals surface area contributed by atoms with Gasteiger partial charge < -0.3 is 10.1 Å². The molecule has 0 radical (unpaired) electrons. The summed E-state index contributed by atoms with van der Waals surface area (Å²) in [5.74, 6) is 1.73. The van der Waals surface area contributed by atoms with Crippen LogP contribution in [0, 0.1) is 4.77 Å². The Morgan fingerprint density at radius 2 is 1.63 bits per heavy atom. The van der Waals surface area contributed by atoms with E-state index >= 15 is 0 Å². The molecule has 3 aromatic carbocycles. The third-order valence-corrected chi connectivity index (χ3v) is 6.21. The van der Waals surface area contributed by atoms with Gasteiger partial charge in [0.05, 0.1) is 6.61 Å². The molecule has 2 N–H and O–H groups in total. The number of ether oxygens (including phenoxy) is 1. The van der Waals surface area contributed by atoms with Crippen molar-refractivity contribution in [2.45, 2.75) is 32.2 Å². The Kier molecular flexibility index (Phi) is 8.46. The van der Waals surface area contributed by atoms with E-state index in [9.17, 15) is 4.79 Å². The second-order valence-corrected chi connectivity index (χ2v) is 8.61. The van der Waals surface area contributed by atoms with Gasteiger partial charge in [0.25, 0.3) is 0 Å². The third-order valence-electron chi connectivity index (χ3n) is 5.90. The summed E-state index contributed by atoms with van der Waals surface area (Å²) in [6.45, 7) is 3.61. The highest BCUT2D eigenvalue weighted by molar-refractivity contribution is 7.71. The summed E-state index contributed by atoms with van der Waals surface area (Å²) in [5, 5.41) is 10.3. The average Bonchev–Trinajstić information content (AvgIpc) is 3.27. The molecule has 1 aromatic heterocycles. The number of rotatable bonds is 11. The van der Waals surface area contributed by atoms with Gasteiger partial charge in [-0.05, 0) is 61.0 Å². The zero-order valence-corrected chi connectivity index (χ0v) is 20.6. The predicted molar refractivity (Wildman–Crippen MR) is 141 cm³/mol. The maximum atomic E-state index is 12.7. The van der Waals surface area contributed by atoms with Crippen LogP contribution in [0.15, 0.2) is 84.9 Å². The molecule has 0 aliphatic rings. The van der Waals surface area contributed by atoms with Crippen LogP contribution in [0.4, 0.5) is 0 Å². The molecule has 4 aromatic rings. The van der Waals surface area contributed by atoms with Crippen molar-refractivity contribution in [2.24, 2.45) is 0 Å². The SMILES string of the molecule is CCOc1ccc(-c2n[nH]c(=S)n2CCC(=O)NCCC(c2ccccc2)c2ccccc2)cc1. The van der Waals surface area contributed by atoms with Crippen LogP contribution in [0.25, 0.3) is 11.4 Å². The van der Waals surface area contributed by atoms with E-state index in [0.29, 0.717) is 36.7 Å². The summed E-state index contributed by atoms with van der Waals surface area (Å²) < 4.78 is 7.87. The van der Waals surface area contributed by atoms with Crippen molar-refractivity contribution < 1.29 is 9.53 Å². The first kappa shape index (κ1) is 24.4. The lowest BCUT2D eigenvalue weighted by molar-refractivity contribution is -0.121. The molecule has 1 amide bonds. The Bertz CT molecular complexity index is 1230. The lowest BCUT2D eigenvalue weighted by Gasteiger charge is -2.18. The zero-order chi connectivity index (χ0) is 24.5. The van der Waals surface area contributed by atoms with Gasteiger partial charge in [-0.2, -0.15) is 5.10 Å². The highest BCUT2D eigenvalue weighted by Gasteiger charge is 2.15. The number of hydrogen-bond donors (Lipinski definition) is 2. The fourth-order valence-corrected chi connectivity index (χ4v) is 4.39. The zero-order valence-electron chi connectivity index (χ0n) is 19.8. The molecule has 7 heteroatoms. The van der Waals surface area contributed by atoms with Gasteiger partial charge >= 0.3 is 0 Å². The van der Waals surface area contributed by atoms with Crippen LogP contribution in [0.2, 0.25) is 0 Å². The minimum absolute atomic E-state index is 0.00869. The van der Waals surface area contributed by atoms with Crippen molar-refractivity contribution in [1.29, 1.82) is 0 Å².